The Kier molecular flexibility index (Phi) is 7.03. The molecule has 0 radical (unpaired) electrons. The molecule has 3 aromatic rings. The van der Waals surface area contributed by atoms with E-state index in [4.69, 9.17) is 0 Å². The van der Waals surface area contributed by atoms with Crippen molar-refractivity contribution >= 4 is 21.6 Å². The molecule has 1 heterocycles. The molecule has 2 aromatic carbocycles. The van der Waals surface area contributed by atoms with Crippen LogP contribution < -0.4 is 9.62 Å². The number of aromatic nitrogens is 2. The molecule has 0 aliphatic carbocycles. The molecule has 1 atom stereocenters. The van der Waals surface area contributed by atoms with E-state index in [-0.39, 0.29) is 5.91 Å². The van der Waals surface area contributed by atoms with E-state index in [1.165, 1.54) is 4.31 Å². The lowest BCUT2D eigenvalue weighted by atomic mass is 10.1. The lowest BCUT2D eigenvalue weighted by molar-refractivity contribution is -0.122. The number of amides is 1. The van der Waals surface area contributed by atoms with Gasteiger partial charge in [0.1, 0.15) is 11.9 Å². The first-order valence-corrected chi connectivity index (χ1v) is 12.4. The highest BCUT2D eigenvalue weighted by atomic mass is 32.2. The van der Waals surface area contributed by atoms with Crippen LogP contribution in [0.2, 0.25) is 0 Å². The van der Waals surface area contributed by atoms with Gasteiger partial charge in [-0.1, -0.05) is 25.1 Å². The molecule has 32 heavy (non-hydrogen) atoms. The van der Waals surface area contributed by atoms with Gasteiger partial charge < -0.3 is 9.88 Å². The smallest absolute Gasteiger partial charge is 0.244 e. The highest BCUT2D eigenvalue weighted by Gasteiger charge is 2.31. The number of carbonyl (C=O) groups excluding carboxylic acids is 1. The van der Waals surface area contributed by atoms with Crippen molar-refractivity contribution in [1.82, 2.24) is 14.9 Å². The maximum absolute atomic E-state index is 13.0. The van der Waals surface area contributed by atoms with E-state index < -0.39 is 16.1 Å². The summed E-state index contributed by atoms with van der Waals surface area (Å²) in [6.45, 7) is 7.94. The van der Waals surface area contributed by atoms with Crippen LogP contribution in [0.15, 0.2) is 54.9 Å². The zero-order valence-electron chi connectivity index (χ0n) is 19.2. The van der Waals surface area contributed by atoms with Crippen LogP contribution in [0.25, 0.3) is 5.69 Å². The first kappa shape index (κ1) is 23.5. The van der Waals surface area contributed by atoms with Crippen LogP contribution >= 0.6 is 0 Å². The number of nitrogens with zero attached hydrogens (tertiary/aromatic N) is 3. The molecule has 1 unspecified atom stereocenters. The molecule has 0 spiro atoms. The molecule has 0 saturated heterocycles. The maximum atomic E-state index is 13.0. The van der Waals surface area contributed by atoms with Crippen molar-refractivity contribution in [2.75, 3.05) is 10.6 Å². The Hall–Kier alpha value is -3.13. The van der Waals surface area contributed by atoms with Gasteiger partial charge >= 0.3 is 0 Å². The van der Waals surface area contributed by atoms with Gasteiger partial charge in [-0.25, -0.2) is 13.4 Å². The van der Waals surface area contributed by atoms with Crippen molar-refractivity contribution in [3.63, 3.8) is 0 Å². The van der Waals surface area contributed by atoms with Crippen molar-refractivity contribution < 1.29 is 13.2 Å². The number of hydrogen-bond acceptors (Lipinski definition) is 4. The van der Waals surface area contributed by atoms with Gasteiger partial charge in [0.2, 0.25) is 15.9 Å². The van der Waals surface area contributed by atoms with Gasteiger partial charge in [0, 0.05) is 24.6 Å². The zero-order chi connectivity index (χ0) is 23.5. The molecule has 0 bridgehead atoms. The van der Waals surface area contributed by atoms with Crippen LogP contribution in [0.5, 0.6) is 0 Å². The van der Waals surface area contributed by atoms with Crippen molar-refractivity contribution in [1.29, 1.82) is 0 Å². The number of rotatable bonds is 8. The molecule has 1 amide bonds. The van der Waals surface area contributed by atoms with Crippen molar-refractivity contribution in [2.45, 2.75) is 46.7 Å². The minimum atomic E-state index is -3.66. The number of aryl methyl sites for hydroxylation is 3. The SMILES string of the molecule is CCC(C(=O)NCc1ccc(-n2ccnc2C)cc1)N(c1ccc(C)c(C)c1)S(C)(=O)=O. The fourth-order valence-corrected chi connectivity index (χ4v) is 4.86. The summed E-state index contributed by atoms with van der Waals surface area (Å²) in [6, 6.07) is 12.4. The third-order valence-electron chi connectivity index (χ3n) is 5.58. The highest BCUT2D eigenvalue weighted by Crippen LogP contribution is 2.25. The van der Waals surface area contributed by atoms with Crippen LogP contribution in [0, 0.1) is 20.8 Å². The number of hydrogen-bond donors (Lipinski definition) is 1. The van der Waals surface area contributed by atoms with Gasteiger partial charge in [-0.3, -0.25) is 9.10 Å². The third kappa shape index (κ3) is 5.19. The molecule has 7 nitrogen and oxygen atoms in total. The normalized spacial score (nSPS) is 12.4. The summed E-state index contributed by atoms with van der Waals surface area (Å²) in [6.07, 6.45) is 5.13. The van der Waals surface area contributed by atoms with E-state index >= 15 is 0 Å². The van der Waals surface area contributed by atoms with Crippen LogP contribution in [-0.2, 0) is 21.4 Å². The van der Waals surface area contributed by atoms with Gasteiger partial charge in [0.15, 0.2) is 0 Å². The molecule has 0 aliphatic heterocycles. The average molecular weight is 455 g/mol. The number of nitrogens with one attached hydrogen (secondary N) is 1. The van der Waals surface area contributed by atoms with Gasteiger partial charge in [0.25, 0.3) is 0 Å². The number of benzene rings is 2. The topological polar surface area (TPSA) is 84.3 Å². The fourth-order valence-electron chi connectivity index (χ4n) is 3.66. The summed E-state index contributed by atoms with van der Waals surface area (Å²) < 4.78 is 28.4. The highest BCUT2D eigenvalue weighted by molar-refractivity contribution is 7.92. The predicted molar refractivity (Wildman–Crippen MR) is 127 cm³/mol. The number of sulfonamides is 1. The average Bonchev–Trinajstić information content (AvgIpc) is 3.17. The summed E-state index contributed by atoms with van der Waals surface area (Å²) in [5.41, 5.74) is 4.44. The molecule has 3 rings (SSSR count). The molecular formula is C24H30N4O3S. The first-order valence-electron chi connectivity index (χ1n) is 10.6. The Morgan fingerprint density at radius 3 is 2.31 bits per heavy atom. The Morgan fingerprint density at radius 1 is 1.09 bits per heavy atom. The minimum absolute atomic E-state index is 0.309. The first-order chi connectivity index (χ1) is 15.1. The van der Waals surface area contributed by atoms with Gasteiger partial charge in [0.05, 0.1) is 11.9 Å². The maximum Gasteiger partial charge on any atom is 0.244 e. The van der Waals surface area contributed by atoms with Crippen molar-refractivity contribution in [3.8, 4) is 5.69 Å². The number of anilines is 1. The molecule has 1 aromatic heterocycles. The third-order valence-corrected chi connectivity index (χ3v) is 6.76. The Labute approximate surface area is 190 Å². The summed E-state index contributed by atoms with van der Waals surface area (Å²) in [5.74, 6) is 0.565. The quantitative estimate of drug-likeness (QED) is 0.563. The van der Waals surface area contributed by atoms with Gasteiger partial charge in [-0.15, -0.1) is 0 Å². The van der Waals surface area contributed by atoms with Gasteiger partial charge in [-0.2, -0.15) is 0 Å². The molecule has 0 aliphatic rings. The number of carbonyl (C=O) groups is 1. The second kappa shape index (κ2) is 9.56. The Bertz CT molecular complexity index is 1200. The molecule has 0 saturated carbocycles. The van der Waals surface area contributed by atoms with E-state index in [1.807, 2.05) is 74.9 Å². The Balaban J connectivity index is 1.76. The molecular weight excluding hydrogens is 424 g/mol. The second-order valence-electron chi connectivity index (χ2n) is 7.98. The van der Waals surface area contributed by atoms with Gasteiger partial charge in [-0.05, 0) is 68.1 Å². The molecule has 0 fully saturated rings. The standard InChI is InChI=1S/C24H30N4O3S/c1-6-23(28(32(5,30)31)22-10-7-17(2)18(3)15-22)24(29)26-16-20-8-11-21(12-9-20)27-14-13-25-19(27)4/h7-15,23H,6,16H2,1-5H3,(H,26,29). The summed E-state index contributed by atoms with van der Waals surface area (Å²) >= 11 is 0. The largest absolute Gasteiger partial charge is 0.350 e. The Morgan fingerprint density at radius 2 is 1.78 bits per heavy atom. The second-order valence-corrected chi connectivity index (χ2v) is 9.84. The number of imidazole rings is 1. The summed E-state index contributed by atoms with van der Waals surface area (Å²) in [5, 5.41) is 2.90. The fraction of sp³-hybridized carbons (Fsp3) is 0.333. The predicted octanol–water partition coefficient (Wildman–Crippen LogP) is 3.66. The lowest BCUT2D eigenvalue weighted by Crippen LogP contribution is -2.49. The van der Waals surface area contributed by atoms with E-state index in [9.17, 15) is 13.2 Å². The van der Waals surface area contributed by atoms with E-state index in [2.05, 4.69) is 10.3 Å². The lowest BCUT2D eigenvalue weighted by Gasteiger charge is -2.30. The molecule has 170 valence electrons. The molecule has 1 N–H and O–H groups in total. The summed E-state index contributed by atoms with van der Waals surface area (Å²) in [7, 11) is -3.66. The van der Waals surface area contributed by atoms with Crippen LogP contribution in [0.3, 0.4) is 0 Å². The monoisotopic (exact) mass is 454 g/mol. The molecule has 8 heteroatoms. The van der Waals surface area contributed by atoms with E-state index in [1.54, 1.807) is 12.3 Å². The minimum Gasteiger partial charge on any atom is -0.350 e. The van der Waals surface area contributed by atoms with Crippen LogP contribution in [-0.4, -0.2) is 36.2 Å². The zero-order valence-corrected chi connectivity index (χ0v) is 20.0. The summed E-state index contributed by atoms with van der Waals surface area (Å²) in [4.78, 5) is 17.3. The van der Waals surface area contributed by atoms with Crippen LogP contribution in [0.1, 0.15) is 35.9 Å². The van der Waals surface area contributed by atoms with Crippen molar-refractivity contribution in [2.24, 2.45) is 0 Å². The van der Waals surface area contributed by atoms with Crippen LogP contribution in [0.4, 0.5) is 5.69 Å². The van der Waals surface area contributed by atoms with E-state index in [0.29, 0.717) is 18.7 Å². The van der Waals surface area contributed by atoms with E-state index in [0.717, 1.165) is 34.5 Å². The van der Waals surface area contributed by atoms with Crippen molar-refractivity contribution in [3.05, 3.63) is 77.4 Å².